The van der Waals surface area contributed by atoms with E-state index in [9.17, 15) is 17.2 Å². The fraction of sp³-hybridized carbons (Fsp3) is 0.364. The number of halogens is 2. The maximum absolute atomic E-state index is 13.4. The highest BCUT2D eigenvalue weighted by molar-refractivity contribution is 7.91. The molecule has 0 bridgehead atoms. The lowest BCUT2D eigenvalue weighted by Gasteiger charge is -2.30. The van der Waals surface area contributed by atoms with Gasteiger partial charge in [-0.25, -0.2) is 17.2 Å². The van der Waals surface area contributed by atoms with Crippen LogP contribution in [0.2, 0.25) is 0 Å². The van der Waals surface area contributed by atoms with Gasteiger partial charge >= 0.3 is 0 Å². The third-order valence-corrected chi connectivity index (χ3v) is 7.26. The first-order valence-corrected chi connectivity index (χ1v) is 11.9. The summed E-state index contributed by atoms with van der Waals surface area (Å²) in [5.74, 6) is 0.115. The molecule has 1 unspecified atom stereocenters. The number of rotatable bonds is 7. The van der Waals surface area contributed by atoms with Gasteiger partial charge in [-0.05, 0) is 68.8 Å². The van der Waals surface area contributed by atoms with Crippen LogP contribution >= 0.6 is 0 Å². The van der Waals surface area contributed by atoms with E-state index in [1.165, 1.54) is 24.3 Å². The lowest BCUT2D eigenvalue weighted by Crippen LogP contribution is -2.35. The summed E-state index contributed by atoms with van der Waals surface area (Å²) in [6.07, 6.45) is 2.31. The molecule has 2 heterocycles. The van der Waals surface area contributed by atoms with E-state index < -0.39 is 15.7 Å². The normalized spacial score (nSPS) is 17.7. The summed E-state index contributed by atoms with van der Waals surface area (Å²) < 4.78 is 56.8. The molecule has 4 rings (SSSR count). The Morgan fingerprint density at radius 2 is 1.90 bits per heavy atom. The number of hydrogen-bond acceptors (Lipinski definition) is 6. The second kappa shape index (κ2) is 9.23. The van der Waals surface area contributed by atoms with Gasteiger partial charge in [0, 0.05) is 12.1 Å². The molecule has 1 aromatic heterocycles. The average Bonchev–Trinajstić information content (AvgIpc) is 3.25. The number of piperidine rings is 1. The van der Waals surface area contributed by atoms with Crippen molar-refractivity contribution in [1.82, 2.24) is 15.0 Å². The van der Waals surface area contributed by atoms with Gasteiger partial charge in [0.25, 0.3) is 0 Å². The standard InChI is InChI=1S/C22H23F2N3O3S/c23-18-7-9-20(10-8-18)31(28,29)13-3-12-27-11-2-5-17(15-27)22-25-21(26-30-22)16-4-1-6-19(24)14-16/h1,4,6-10,14,17H,2-3,5,11-13,15H2. The van der Waals surface area contributed by atoms with Gasteiger partial charge in [-0.2, -0.15) is 4.98 Å². The van der Waals surface area contributed by atoms with Crippen molar-refractivity contribution >= 4 is 9.84 Å². The van der Waals surface area contributed by atoms with E-state index in [1.54, 1.807) is 12.1 Å². The number of hydrogen-bond donors (Lipinski definition) is 0. The minimum absolute atomic E-state index is 0.00404. The lowest BCUT2D eigenvalue weighted by molar-refractivity contribution is 0.187. The summed E-state index contributed by atoms with van der Waals surface area (Å²) in [6.45, 7) is 2.20. The van der Waals surface area contributed by atoms with Crippen molar-refractivity contribution in [3.8, 4) is 11.4 Å². The van der Waals surface area contributed by atoms with Crippen LogP contribution in [0.4, 0.5) is 8.78 Å². The maximum atomic E-state index is 13.4. The van der Waals surface area contributed by atoms with Gasteiger partial charge in [0.15, 0.2) is 9.84 Å². The van der Waals surface area contributed by atoms with Crippen LogP contribution in [0.25, 0.3) is 11.4 Å². The number of aromatic nitrogens is 2. The van der Waals surface area contributed by atoms with Crippen molar-refractivity contribution in [3.63, 3.8) is 0 Å². The van der Waals surface area contributed by atoms with Gasteiger partial charge in [0.05, 0.1) is 16.6 Å². The third kappa shape index (κ3) is 5.34. The Morgan fingerprint density at radius 3 is 2.68 bits per heavy atom. The molecule has 1 atom stereocenters. The average molecular weight is 448 g/mol. The molecule has 0 saturated carbocycles. The van der Waals surface area contributed by atoms with Crippen LogP contribution in [0, 0.1) is 11.6 Å². The fourth-order valence-electron chi connectivity index (χ4n) is 3.84. The van der Waals surface area contributed by atoms with Gasteiger partial charge in [0.2, 0.25) is 11.7 Å². The van der Waals surface area contributed by atoms with Crippen LogP contribution < -0.4 is 0 Å². The molecule has 31 heavy (non-hydrogen) atoms. The summed E-state index contributed by atoms with van der Waals surface area (Å²) in [6, 6.07) is 11.0. The molecule has 1 aliphatic heterocycles. The first-order valence-electron chi connectivity index (χ1n) is 10.2. The van der Waals surface area contributed by atoms with Crippen LogP contribution in [0.3, 0.4) is 0 Å². The molecule has 164 valence electrons. The predicted octanol–water partition coefficient (Wildman–Crippen LogP) is 4.06. The van der Waals surface area contributed by atoms with E-state index in [4.69, 9.17) is 4.52 Å². The van der Waals surface area contributed by atoms with Crippen molar-refractivity contribution in [2.24, 2.45) is 0 Å². The maximum Gasteiger partial charge on any atom is 0.231 e. The SMILES string of the molecule is O=S(=O)(CCCN1CCCC(c2nc(-c3cccc(F)c3)no2)C1)c1ccc(F)cc1. The van der Waals surface area contributed by atoms with Crippen molar-refractivity contribution in [3.05, 3.63) is 66.1 Å². The first-order chi connectivity index (χ1) is 14.9. The smallest absolute Gasteiger partial charge is 0.231 e. The minimum atomic E-state index is -3.44. The summed E-state index contributed by atoms with van der Waals surface area (Å²) in [7, 11) is -3.44. The highest BCUT2D eigenvalue weighted by Gasteiger charge is 2.26. The zero-order chi connectivity index (χ0) is 21.8. The molecule has 2 aromatic carbocycles. The van der Waals surface area contributed by atoms with Crippen molar-refractivity contribution in [1.29, 1.82) is 0 Å². The Bertz CT molecular complexity index is 1130. The fourth-order valence-corrected chi connectivity index (χ4v) is 5.14. The van der Waals surface area contributed by atoms with Gasteiger partial charge in [0.1, 0.15) is 11.6 Å². The second-order valence-corrected chi connectivity index (χ2v) is 9.84. The molecule has 0 spiro atoms. The van der Waals surface area contributed by atoms with Crippen LogP contribution in [-0.2, 0) is 9.84 Å². The lowest BCUT2D eigenvalue weighted by atomic mass is 9.98. The molecule has 3 aromatic rings. The quantitative estimate of drug-likeness (QED) is 0.509. The number of sulfone groups is 1. The van der Waals surface area contributed by atoms with Gasteiger partial charge in [-0.15, -0.1) is 0 Å². The molecule has 9 heteroatoms. The first kappa shape index (κ1) is 21.6. The van der Waals surface area contributed by atoms with Crippen LogP contribution in [-0.4, -0.2) is 48.8 Å². The molecule has 0 N–H and O–H groups in total. The largest absolute Gasteiger partial charge is 0.339 e. The molecule has 1 saturated heterocycles. The summed E-state index contributed by atoms with van der Waals surface area (Å²) in [4.78, 5) is 6.78. The Kier molecular flexibility index (Phi) is 6.43. The molecular weight excluding hydrogens is 424 g/mol. The van der Waals surface area contributed by atoms with E-state index >= 15 is 0 Å². The van der Waals surface area contributed by atoms with Crippen molar-refractivity contribution in [2.75, 3.05) is 25.4 Å². The topological polar surface area (TPSA) is 76.3 Å². The minimum Gasteiger partial charge on any atom is -0.339 e. The third-order valence-electron chi connectivity index (χ3n) is 5.44. The Balaban J connectivity index is 1.33. The van der Waals surface area contributed by atoms with Crippen LogP contribution in [0.5, 0.6) is 0 Å². The molecule has 6 nitrogen and oxygen atoms in total. The summed E-state index contributed by atoms with van der Waals surface area (Å²) in [5, 5.41) is 3.98. The van der Waals surface area contributed by atoms with E-state index in [2.05, 4.69) is 15.0 Å². The highest BCUT2D eigenvalue weighted by Crippen LogP contribution is 2.28. The number of nitrogens with zero attached hydrogens (tertiary/aromatic N) is 3. The number of benzene rings is 2. The van der Waals surface area contributed by atoms with E-state index in [0.29, 0.717) is 36.8 Å². The van der Waals surface area contributed by atoms with Crippen LogP contribution in [0.1, 0.15) is 31.1 Å². The molecular formula is C22H23F2N3O3S. The summed E-state index contributed by atoms with van der Waals surface area (Å²) >= 11 is 0. The Morgan fingerprint density at radius 1 is 1.10 bits per heavy atom. The van der Waals surface area contributed by atoms with Crippen LogP contribution in [0.15, 0.2) is 57.9 Å². The monoisotopic (exact) mass is 447 g/mol. The number of likely N-dealkylation sites (tertiary alicyclic amines) is 1. The Labute approximate surface area is 179 Å². The zero-order valence-corrected chi connectivity index (χ0v) is 17.7. The van der Waals surface area contributed by atoms with Gasteiger partial charge in [-0.3, -0.25) is 0 Å². The molecule has 1 aliphatic rings. The molecule has 1 fully saturated rings. The van der Waals surface area contributed by atoms with Gasteiger partial charge in [-0.1, -0.05) is 17.3 Å². The zero-order valence-electron chi connectivity index (χ0n) is 16.9. The van der Waals surface area contributed by atoms with E-state index in [0.717, 1.165) is 31.5 Å². The Hall–Kier alpha value is -2.65. The highest BCUT2D eigenvalue weighted by atomic mass is 32.2. The molecule has 0 amide bonds. The summed E-state index contributed by atoms with van der Waals surface area (Å²) in [5.41, 5.74) is 0.564. The second-order valence-electron chi connectivity index (χ2n) is 7.73. The van der Waals surface area contributed by atoms with E-state index in [-0.39, 0.29) is 22.4 Å². The molecule has 0 radical (unpaired) electrons. The van der Waals surface area contributed by atoms with Gasteiger partial charge < -0.3 is 9.42 Å². The predicted molar refractivity (Wildman–Crippen MR) is 111 cm³/mol. The molecule has 0 aliphatic carbocycles. The van der Waals surface area contributed by atoms with Crippen molar-refractivity contribution < 1.29 is 21.7 Å². The van der Waals surface area contributed by atoms with Crippen molar-refractivity contribution in [2.45, 2.75) is 30.1 Å². The van der Waals surface area contributed by atoms with E-state index in [1.807, 2.05) is 0 Å².